The molecule has 316 valence electrons. The first-order valence-corrected chi connectivity index (χ1v) is 20.3. The van der Waals surface area contributed by atoms with Gasteiger partial charge < -0.3 is 48.5 Å². The number of carbonyl (C=O) groups excluding carboxylic acids is 2. The SMILES string of the molecule is COc1cc(OC)c(/C=C/C(c2ccc(OC)c(NC(=O)CCl)c2)S(=O)(=O)C(/C=C/c2c(OC)cc(OC)cc2OC)c2ccc(OC)c(NC(=O)CCl)c2)c(OC)c1. The second-order valence-electron chi connectivity index (χ2n) is 12.3. The maximum Gasteiger partial charge on any atom is 0.239 e. The summed E-state index contributed by atoms with van der Waals surface area (Å²) < 4.78 is 75.7. The van der Waals surface area contributed by atoms with Gasteiger partial charge in [-0.25, -0.2) is 8.42 Å². The standard InChI is InChI=1S/C42H46Cl2N2O12S/c1-51-27-19-35(55-5)29(36(20-27)56-6)11-15-39(25-9-13-33(53-3)31(17-25)45-41(47)23-43)59(49,50)40(26-10-14-34(54-4)32(18-26)46-42(48)24-44)16-12-30-37(57-7)21-28(52-2)22-38(30)58-8/h9-22,39-40H,23-24H2,1-8H3,(H,45,47)(H,46,48)/b15-11+,16-12+. The molecule has 2 N–H and O–H groups in total. The lowest BCUT2D eigenvalue weighted by Gasteiger charge is -2.24. The Labute approximate surface area is 353 Å². The molecule has 59 heavy (non-hydrogen) atoms. The highest BCUT2D eigenvalue weighted by molar-refractivity contribution is 7.92. The molecule has 0 spiro atoms. The van der Waals surface area contributed by atoms with Crippen molar-refractivity contribution in [2.45, 2.75) is 10.5 Å². The Balaban J connectivity index is 2.10. The summed E-state index contributed by atoms with van der Waals surface area (Å²) in [6.45, 7) is 0. The topological polar surface area (TPSA) is 166 Å². The summed E-state index contributed by atoms with van der Waals surface area (Å²) in [5, 5.41) is 2.46. The molecule has 4 rings (SSSR count). The van der Waals surface area contributed by atoms with E-state index in [-0.39, 0.29) is 45.8 Å². The first-order valence-electron chi connectivity index (χ1n) is 17.6. The average Bonchev–Trinajstić information content (AvgIpc) is 3.25. The molecule has 0 aromatic heterocycles. The Bertz CT molecular complexity index is 2100. The van der Waals surface area contributed by atoms with Crippen LogP contribution in [0.3, 0.4) is 0 Å². The molecule has 17 heteroatoms. The maximum absolute atomic E-state index is 15.6. The van der Waals surface area contributed by atoms with E-state index in [4.69, 9.17) is 61.1 Å². The van der Waals surface area contributed by atoms with Gasteiger partial charge in [0.25, 0.3) is 0 Å². The van der Waals surface area contributed by atoms with E-state index >= 15 is 8.42 Å². The lowest BCUT2D eigenvalue weighted by Crippen LogP contribution is -2.20. The molecular formula is C42H46Cl2N2O12S. The summed E-state index contributed by atoms with van der Waals surface area (Å²) in [6.07, 6.45) is 6.09. The van der Waals surface area contributed by atoms with E-state index in [9.17, 15) is 9.59 Å². The van der Waals surface area contributed by atoms with Crippen LogP contribution in [0, 0.1) is 0 Å². The number of sulfone groups is 1. The van der Waals surface area contributed by atoms with Crippen molar-refractivity contribution >= 4 is 68.4 Å². The van der Waals surface area contributed by atoms with E-state index in [2.05, 4.69) is 10.6 Å². The molecule has 2 amide bonds. The summed E-state index contributed by atoms with van der Waals surface area (Å²) in [5.41, 5.74) is 1.66. The lowest BCUT2D eigenvalue weighted by atomic mass is 10.1. The Morgan fingerprint density at radius 3 is 1.12 bits per heavy atom. The van der Waals surface area contributed by atoms with E-state index in [0.717, 1.165) is 0 Å². The van der Waals surface area contributed by atoms with Crippen molar-refractivity contribution in [3.63, 3.8) is 0 Å². The minimum Gasteiger partial charge on any atom is -0.496 e. The van der Waals surface area contributed by atoms with Crippen LogP contribution in [0.15, 0.2) is 72.8 Å². The molecule has 0 aliphatic carbocycles. The number of amides is 2. The highest BCUT2D eigenvalue weighted by atomic mass is 35.5. The molecule has 2 unspecified atom stereocenters. The number of carbonyl (C=O) groups is 2. The highest BCUT2D eigenvalue weighted by Gasteiger charge is 2.35. The fraction of sp³-hybridized carbons (Fsp3) is 0.286. The number of hydrogen-bond acceptors (Lipinski definition) is 12. The molecule has 14 nitrogen and oxygen atoms in total. The molecule has 0 aliphatic rings. The van der Waals surface area contributed by atoms with Gasteiger partial charge in [-0.15, -0.1) is 23.2 Å². The molecule has 0 aliphatic heterocycles. The van der Waals surface area contributed by atoms with Crippen LogP contribution in [-0.4, -0.2) is 88.9 Å². The summed E-state index contributed by atoms with van der Waals surface area (Å²) in [6, 6.07) is 15.7. The van der Waals surface area contributed by atoms with Gasteiger partial charge in [0.15, 0.2) is 9.84 Å². The van der Waals surface area contributed by atoms with Crippen LogP contribution in [0.1, 0.15) is 32.8 Å². The summed E-state index contributed by atoms with van der Waals surface area (Å²) in [5.74, 6) is 0.941. The van der Waals surface area contributed by atoms with Crippen molar-refractivity contribution in [2.24, 2.45) is 0 Å². The van der Waals surface area contributed by atoms with Crippen LogP contribution in [0.4, 0.5) is 11.4 Å². The minimum absolute atomic E-state index is 0.180. The number of methoxy groups -OCH3 is 8. The number of anilines is 2. The first-order chi connectivity index (χ1) is 28.4. The van der Waals surface area contributed by atoms with Crippen LogP contribution < -0.4 is 48.5 Å². The number of halogens is 2. The average molecular weight is 874 g/mol. The van der Waals surface area contributed by atoms with Crippen molar-refractivity contribution in [1.82, 2.24) is 0 Å². The fourth-order valence-corrected chi connectivity index (χ4v) is 8.20. The van der Waals surface area contributed by atoms with Gasteiger partial charge in [0.1, 0.15) is 68.3 Å². The van der Waals surface area contributed by atoms with Crippen LogP contribution in [-0.2, 0) is 19.4 Å². The normalized spacial score (nSPS) is 12.4. The molecule has 2 atom stereocenters. The Kier molecular flexibility index (Phi) is 16.6. The van der Waals surface area contributed by atoms with Crippen molar-refractivity contribution in [3.8, 4) is 46.0 Å². The van der Waals surface area contributed by atoms with E-state index < -0.39 is 32.2 Å². The first kappa shape index (κ1) is 45.9. The molecule has 4 aromatic carbocycles. The lowest BCUT2D eigenvalue weighted by molar-refractivity contribution is -0.114. The van der Waals surface area contributed by atoms with Crippen LogP contribution in [0.25, 0.3) is 12.2 Å². The van der Waals surface area contributed by atoms with Crippen LogP contribution >= 0.6 is 23.2 Å². The van der Waals surface area contributed by atoms with Crippen LogP contribution in [0.2, 0.25) is 0 Å². The zero-order valence-corrected chi connectivity index (χ0v) is 36.0. The molecule has 0 radical (unpaired) electrons. The van der Waals surface area contributed by atoms with E-state index in [1.807, 2.05) is 0 Å². The monoisotopic (exact) mass is 872 g/mol. The molecule has 0 heterocycles. The smallest absolute Gasteiger partial charge is 0.239 e. The van der Waals surface area contributed by atoms with Gasteiger partial charge in [0.05, 0.1) is 79.4 Å². The quantitative estimate of drug-likeness (QED) is 0.0832. The molecular weight excluding hydrogens is 827 g/mol. The van der Waals surface area contributed by atoms with Gasteiger partial charge in [-0.1, -0.05) is 24.3 Å². The van der Waals surface area contributed by atoms with Crippen molar-refractivity contribution in [3.05, 3.63) is 95.1 Å². The minimum atomic E-state index is -4.50. The van der Waals surface area contributed by atoms with Gasteiger partial charge >= 0.3 is 0 Å². The van der Waals surface area contributed by atoms with E-state index in [1.165, 1.54) is 93.3 Å². The number of benzene rings is 4. The second kappa shape index (κ2) is 21.3. The molecule has 0 saturated carbocycles. The second-order valence-corrected chi connectivity index (χ2v) is 15.1. The van der Waals surface area contributed by atoms with Gasteiger partial charge in [0.2, 0.25) is 11.8 Å². The molecule has 4 aromatic rings. The number of rotatable bonds is 20. The molecule has 0 saturated heterocycles. The third-order valence-corrected chi connectivity index (χ3v) is 11.7. The number of ether oxygens (including phenoxy) is 8. The van der Waals surface area contributed by atoms with Crippen molar-refractivity contribution in [1.29, 1.82) is 0 Å². The largest absolute Gasteiger partial charge is 0.496 e. The Hall–Kier alpha value is -5.77. The summed E-state index contributed by atoms with van der Waals surface area (Å²) in [4.78, 5) is 25.0. The van der Waals surface area contributed by atoms with Gasteiger partial charge in [-0.05, 0) is 47.5 Å². The third kappa shape index (κ3) is 10.8. The predicted molar refractivity (Wildman–Crippen MR) is 229 cm³/mol. The Morgan fingerprint density at radius 2 is 0.847 bits per heavy atom. The molecule has 0 fully saturated rings. The molecule has 0 bridgehead atoms. The van der Waals surface area contributed by atoms with Crippen molar-refractivity contribution < 1.29 is 55.9 Å². The third-order valence-electron chi connectivity index (χ3n) is 8.98. The maximum atomic E-state index is 15.6. The number of alkyl halides is 2. The van der Waals surface area contributed by atoms with Crippen LogP contribution in [0.5, 0.6) is 46.0 Å². The van der Waals surface area contributed by atoms with Gasteiger partial charge in [0, 0.05) is 24.3 Å². The van der Waals surface area contributed by atoms with E-state index in [0.29, 0.717) is 45.6 Å². The zero-order chi connectivity index (χ0) is 43.3. The highest BCUT2D eigenvalue weighted by Crippen LogP contribution is 2.44. The summed E-state index contributed by atoms with van der Waals surface area (Å²) in [7, 11) is 7.15. The zero-order valence-electron chi connectivity index (χ0n) is 33.7. The van der Waals surface area contributed by atoms with Crippen molar-refractivity contribution in [2.75, 3.05) is 79.3 Å². The Morgan fingerprint density at radius 1 is 0.525 bits per heavy atom. The van der Waals surface area contributed by atoms with E-state index in [1.54, 1.807) is 48.6 Å². The predicted octanol–water partition coefficient (Wildman–Crippen LogP) is 7.73. The fourth-order valence-electron chi connectivity index (χ4n) is 6.11. The number of nitrogens with one attached hydrogen (secondary N) is 2. The van der Waals surface area contributed by atoms with Gasteiger partial charge in [-0.3, -0.25) is 9.59 Å². The summed E-state index contributed by atoms with van der Waals surface area (Å²) >= 11 is 11.7. The van der Waals surface area contributed by atoms with Gasteiger partial charge in [-0.2, -0.15) is 0 Å². The number of hydrogen-bond donors (Lipinski definition) is 2.